The second-order valence-electron chi connectivity index (χ2n) is 27.3. The molecule has 0 aromatic heterocycles. The lowest BCUT2D eigenvalue weighted by Gasteiger charge is -2.21. The second kappa shape index (κ2) is 60.7. The lowest BCUT2D eigenvalue weighted by atomic mass is 9.99. The predicted molar refractivity (Wildman–Crippen MR) is 363 cm³/mol. The van der Waals surface area contributed by atoms with Crippen molar-refractivity contribution in [3.05, 3.63) is 0 Å². The van der Waals surface area contributed by atoms with Crippen LogP contribution in [0.15, 0.2) is 0 Å². The molecule has 0 amide bonds. The first-order valence-corrected chi connectivity index (χ1v) is 39.7. The van der Waals surface area contributed by atoms with E-state index in [4.69, 9.17) is 37.0 Å². The number of esters is 4. The fourth-order valence-corrected chi connectivity index (χ4v) is 12.2. The molecular formula is C71H138O17P2. The van der Waals surface area contributed by atoms with Gasteiger partial charge < -0.3 is 33.8 Å². The molecule has 0 bridgehead atoms. The number of hydrogen-bond acceptors (Lipinski definition) is 15. The highest BCUT2D eigenvalue weighted by Crippen LogP contribution is 2.45. The van der Waals surface area contributed by atoms with Gasteiger partial charge in [-0.25, -0.2) is 9.13 Å². The number of aliphatic hydroxyl groups is 1. The molecule has 0 saturated heterocycles. The minimum Gasteiger partial charge on any atom is -0.462 e. The van der Waals surface area contributed by atoms with Crippen LogP contribution in [0.5, 0.6) is 0 Å². The van der Waals surface area contributed by atoms with E-state index in [-0.39, 0.29) is 25.7 Å². The summed E-state index contributed by atoms with van der Waals surface area (Å²) in [6.07, 6.45) is 43.1. The molecule has 0 rings (SSSR count). The highest BCUT2D eigenvalue weighted by Gasteiger charge is 2.30. The maximum absolute atomic E-state index is 13.0. The van der Waals surface area contributed by atoms with Crippen LogP contribution in [-0.4, -0.2) is 96.7 Å². The Morgan fingerprint density at radius 2 is 0.533 bits per heavy atom. The van der Waals surface area contributed by atoms with E-state index in [9.17, 15) is 43.2 Å². The number of carbonyl (C=O) groups is 4. The van der Waals surface area contributed by atoms with Gasteiger partial charge in [0.1, 0.15) is 19.3 Å². The van der Waals surface area contributed by atoms with Crippen molar-refractivity contribution in [1.82, 2.24) is 0 Å². The third-order valence-corrected chi connectivity index (χ3v) is 18.6. The molecule has 6 atom stereocenters. The molecule has 19 heteroatoms. The summed E-state index contributed by atoms with van der Waals surface area (Å²) in [6.45, 7) is 14.1. The van der Waals surface area contributed by atoms with Crippen LogP contribution in [0.2, 0.25) is 0 Å². The van der Waals surface area contributed by atoms with Crippen LogP contribution >= 0.6 is 15.6 Å². The summed E-state index contributed by atoms with van der Waals surface area (Å²) in [7, 11) is -9.90. The molecule has 0 aliphatic heterocycles. The molecule has 0 aromatic carbocycles. The van der Waals surface area contributed by atoms with Gasteiger partial charge in [0.25, 0.3) is 0 Å². The van der Waals surface area contributed by atoms with Gasteiger partial charge in [0.05, 0.1) is 26.4 Å². The molecule has 0 aromatic rings. The van der Waals surface area contributed by atoms with E-state index in [2.05, 4.69) is 55.4 Å². The zero-order chi connectivity index (χ0) is 66.8. The molecule has 3 N–H and O–H groups in total. The van der Waals surface area contributed by atoms with Crippen molar-refractivity contribution in [2.24, 2.45) is 23.7 Å². The van der Waals surface area contributed by atoms with E-state index in [1.165, 1.54) is 154 Å². The Kier molecular flexibility index (Phi) is 59.4. The monoisotopic (exact) mass is 1320 g/mol. The Bertz CT molecular complexity index is 1780. The van der Waals surface area contributed by atoms with E-state index in [0.717, 1.165) is 114 Å². The molecule has 90 heavy (non-hydrogen) atoms. The first kappa shape index (κ1) is 88.1. The zero-order valence-corrected chi connectivity index (χ0v) is 60.6. The van der Waals surface area contributed by atoms with Gasteiger partial charge in [-0.05, 0) is 49.4 Å². The molecular weight excluding hydrogens is 1190 g/mol. The topological polar surface area (TPSA) is 237 Å². The average molecular weight is 1330 g/mol. The molecule has 4 unspecified atom stereocenters. The predicted octanol–water partition coefficient (Wildman–Crippen LogP) is 20.1. The van der Waals surface area contributed by atoms with Crippen molar-refractivity contribution in [2.75, 3.05) is 39.6 Å². The normalized spacial score (nSPS) is 14.6. The summed E-state index contributed by atoms with van der Waals surface area (Å²) in [5, 5.41) is 10.6. The van der Waals surface area contributed by atoms with Crippen LogP contribution in [0.25, 0.3) is 0 Å². The van der Waals surface area contributed by atoms with Crippen molar-refractivity contribution >= 4 is 39.5 Å². The van der Waals surface area contributed by atoms with Crippen LogP contribution in [0.1, 0.15) is 351 Å². The van der Waals surface area contributed by atoms with Gasteiger partial charge in [0.15, 0.2) is 12.2 Å². The lowest BCUT2D eigenvalue weighted by Crippen LogP contribution is -2.30. The zero-order valence-electron chi connectivity index (χ0n) is 58.8. The van der Waals surface area contributed by atoms with Crippen LogP contribution in [0.3, 0.4) is 0 Å². The van der Waals surface area contributed by atoms with Crippen LogP contribution in [0, 0.1) is 23.7 Å². The average Bonchev–Trinajstić information content (AvgIpc) is 3.70. The number of rotatable bonds is 68. The van der Waals surface area contributed by atoms with Crippen molar-refractivity contribution < 1.29 is 80.2 Å². The molecule has 0 spiro atoms. The van der Waals surface area contributed by atoms with Crippen LogP contribution in [-0.2, 0) is 65.4 Å². The standard InChI is InChI=1S/C71H138O17P2/c1-9-64(8)50-42-34-26-19-22-30-38-46-54-71(76)88-66(57-81-68(73)51-43-35-27-16-14-12-10-11-13-15-23-31-39-47-61(2)3)59-85-89(77,78)83-55-65(72)56-84-90(79,80)86-60-67(87-70(75)53-45-37-29-21-18-25-33-41-49-63(6)7)58-82-69(74)52-44-36-28-20-17-24-32-40-48-62(4)5/h61-67,72H,9-60H2,1-8H3,(H,77,78)(H,79,80)/t64?,65?,66-,67-/m1/s1. The summed E-state index contributed by atoms with van der Waals surface area (Å²) in [6, 6.07) is 0. The third kappa shape index (κ3) is 63.5. The van der Waals surface area contributed by atoms with Gasteiger partial charge in [0, 0.05) is 25.7 Å². The summed E-state index contributed by atoms with van der Waals surface area (Å²) in [5.74, 6) is 0.875. The first-order valence-electron chi connectivity index (χ1n) is 36.7. The number of carbonyl (C=O) groups excluding carboxylic acids is 4. The molecule has 0 fully saturated rings. The van der Waals surface area contributed by atoms with E-state index >= 15 is 0 Å². The van der Waals surface area contributed by atoms with Crippen LogP contribution in [0.4, 0.5) is 0 Å². The van der Waals surface area contributed by atoms with Gasteiger partial charge in [0.2, 0.25) is 0 Å². The summed E-state index contributed by atoms with van der Waals surface area (Å²) in [4.78, 5) is 72.6. The highest BCUT2D eigenvalue weighted by atomic mass is 31.2. The minimum atomic E-state index is -4.95. The number of phosphoric acid groups is 2. The quantitative estimate of drug-likeness (QED) is 0.0222. The fraction of sp³-hybridized carbons (Fsp3) is 0.944. The SMILES string of the molecule is CCC(C)CCCCCCCCCCC(=O)O[C@H](COC(=O)CCCCCCCCCCCCCCCC(C)C)COP(=O)(O)OCC(O)COP(=O)(O)OC[C@@H](COC(=O)CCCCCCCCCCC(C)C)OC(=O)CCCCCCCCCCC(C)C. The molecule has 17 nitrogen and oxygen atoms in total. The number of aliphatic hydroxyl groups excluding tert-OH is 1. The summed E-state index contributed by atoms with van der Waals surface area (Å²) >= 11 is 0. The fourth-order valence-electron chi connectivity index (χ4n) is 10.6. The molecule has 0 heterocycles. The maximum atomic E-state index is 13.0. The van der Waals surface area contributed by atoms with Gasteiger partial charge in [-0.3, -0.25) is 37.3 Å². The Morgan fingerprint density at radius 1 is 0.311 bits per heavy atom. The van der Waals surface area contributed by atoms with E-state index < -0.39 is 97.5 Å². The minimum absolute atomic E-state index is 0.103. The molecule has 0 radical (unpaired) electrons. The largest absolute Gasteiger partial charge is 0.472 e. The number of phosphoric ester groups is 2. The third-order valence-electron chi connectivity index (χ3n) is 16.7. The van der Waals surface area contributed by atoms with Gasteiger partial charge in [-0.15, -0.1) is 0 Å². The summed E-state index contributed by atoms with van der Waals surface area (Å²) in [5.41, 5.74) is 0. The Balaban J connectivity index is 5.25. The van der Waals surface area contributed by atoms with E-state index in [1.54, 1.807) is 0 Å². The van der Waals surface area contributed by atoms with Gasteiger partial charge in [-0.2, -0.15) is 0 Å². The number of hydrogen-bond donors (Lipinski definition) is 3. The number of unbranched alkanes of at least 4 members (excludes halogenated alkanes) is 33. The maximum Gasteiger partial charge on any atom is 0.472 e. The van der Waals surface area contributed by atoms with Crippen molar-refractivity contribution in [2.45, 2.75) is 369 Å². The van der Waals surface area contributed by atoms with E-state index in [1.807, 2.05) is 0 Å². The molecule has 534 valence electrons. The highest BCUT2D eigenvalue weighted by molar-refractivity contribution is 7.47. The van der Waals surface area contributed by atoms with Gasteiger partial charge in [-0.1, -0.05) is 299 Å². The molecule has 0 saturated carbocycles. The van der Waals surface area contributed by atoms with Crippen molar-refractivity contribution in [3.8, 4) is 0 Å². The first-order chi connectivity index (χ1) is 43.1. The second-order valence-corrected chi connectivity index (χ2v) is 30.2. The van der Waals surface area contributed by atoms with Gasteiger partial charge >= 0.3 is 39.5 Å². The van der Waals surface area contributed by atoms with Crippen LogP contribution < -0.4 is 0 Å². The lowest BCUT2D eigenvalue weighted by molar-refractivity contribution is -0.161. The Labute approximate surface area is 549 Å². The van der Waals surface area contributed by atoms with E-state index in [0.29, 0.717) is 25.7 Å². The number of ether oxygens (including phenoxy) is 4. The smallest absolute Gasteiger partial charge is 0.462 e. The summed E-state index contributed by atoms with van der Waals surface area (Å²) < 4.78 is 68.3. The molecule has 0 aliphatic rings. The van der Waals surface area contributed by atoms with Crippen molar-refractivity contribution in [3.63, 3.8) is 0 Å². The Hall–Kier alpha value is -1.94. The molecule has 0 aliphatic carbocycles. The van der Waals surface area contributed by atoms with Crippen molar-refractivity contribution in [1.29, 1.82) is 0 Å². The Morgan fingerprint density at radius 3 is 0.789 bits per heavy atom.